The van der Waals surface area contributed by atoms with Gasteiger partial charge in [-0.05, 0) is 31.0 Å². The molecule has 5 heteroatoms. The van der Waals surface area contributed by atoms with Gasteiger partial charge in [0.15, 0.2) is 0 Å². The van der Waals surface area contributed by atoms with E-state index in [9.17, 15) is 9.59 Å². The van der Waals surface area contributed by atoms with Gasteiger partial charge in [-0.25, -0.2) is 0 Å². The van der Waals surface area contributed by atoms with E-state index in [1.165, 1.54) is 11.8 Å². The molecule has 2 aromatic rings. The van der Waals surface area contributed by atoms with Crippen LogP contribution in [0, 0.1) is 0 Å². The number of carbonyl (C=O) groups is 2. The summed E-state index contributed by atoms with van der Waals surface area (Å²) in [7, 11) is 0. The van der Waals surface area contributed by atoms with Gasteiger partial charge in [-0.3, -0.25) is 9.59 Å². The van der Waals surface area contributed by atoms with E-state index >= 15 is 0 Å². The Hall–Kier alpha value is -2.27. The Morgan fingerprint density at radius 1 is 1.04 bits per heavy atom. The first-order chi connectivity index (χ1) is 12.6. The SMILES string of the molecule is CCCNC(=O)[C@H](C)N(Cc1ccccc1)C(=O)CSc1ccccc1. The highest BCUT2D eigenvalue weighted by molar-refractivity contribution is 8.00. The highest BCUT2D eigenvalue weighted by Crippen LogP contribution is 2.19. The molecule has 2 rings (SSSR count). The molecule has 0 aliphatic carbocycles. The molecule has 1 atom stereocenters. The van der Waals surface area contributed by atoms with Crippen LogP contribution < -0.4 is 5.32 Å². The van der Waals surface area contributed by atoms with Crippen LogP contribution in [0.15, 0.2) is 65.6 Å². The number of benzene rings is 2. The zero-order valence-electron chi connectivity index (χ0n) is 15.4. The van der Waals surface area contributed by atoms with E-state index in [2.05, 4.69) is 5.32 Å². The van der Waals surface area contributed by atoms with Gasteiger partial charge in [-0.15, -0.1) is 11.8 Å². The van der Waals surface area contributed by atoms with Crippen LogP contribution >= 0.6 is 11.8 Å². The van der Waals surface area contributed by atoms with Crippen molar-refractivity contribution in [2.24, 2.45) is 0 Å². The van der Waals surface area contributed by atoms with Crippen molar-refractivity contribution >= 4 is 23.6 Å². The first-order valence-electron chi connectivity index (χ1n) is 8.90. The summed E-state index contributed by atoms with van der Waals surface area (Å²) in [6, 6.07) is 19.1. The fraction of sp³-hybridized carbons (Fsp3) is 0.333. The number of hydrogen-bond donors (Lipinski definition) is 1. The Morgan fingerprint density at radius 3 is 2.27 bits per heavy atom. The van der Waals surface area contributed by atoms with Gasteiger partial charge >= 0.3 is 0 Å². The molecule has 0 radical (unpaired) electrons. The molecule has 0 saturated carbocycles. The van der Waals surface area contributed by atoms with Crippen molar-refractivity contribution in [1.82, 2.24) is 10.2 Å². The second-order valence-electron chi connectivity index (χ2n) is 6.08. The van der Waals surface area contributed by atoms with Crippen molar-refractivity contribution in [3.63, 3.8) is 0 Å². The van der Waals surface area contributed by atoms with Crippen molar-refractivity contribution in [3.8, 4) is 0 Å². The lowest BCUT2D eigenvalue weighted by Crippen LogP contribution is -2.48. The lowest BCUT2D eigenvalue weighted by Gasteiger charge is -2.28. The molecule has 4 nitrogen and oxygen atoms in total. The zero-order valence-corrected chi connectivity index (χ0v) is 16.2. The molecule has 0 aromatic heterocycles. The van der Waals surface area contributed by atoms with E-state index in [4.69, 9.17) is 0 Å². The number of nitrogens with zero attached hydrogens (tertiary/aromatic N) is 1. The van der Waals surface area contributed by atoms with E-state index in [1.807, 2.05) is 67.6 Å². The Balaban J connectivity index is 2.07. The molecule has 0 saturated heterocycles. The minimum atomic E-state index is -0.509. The van der Waals surface area contributed by atoms with Crippen LogP contribution in [0.3, 0.4) is 0 Å². The summed E-state index contributed by atoms with van der Waals surface area (Å²) in [6.45, 7) is 4.85. The maximum Gasteiger partial charge on any atom is 0.242 e. The van der Waals surface area contributed by atoms with E-state index in [1.54, 1.807) is 11.8 Å². The first kappa shape index (κ1) is 20.0. The molecule has 0 aliphatic heterocycles. The summed E-state index contributed by atoms with van der Waals surface area (Å²) < 4.78 is 0. The molecule has 0 bridgehead atoms. The minimum Gasteiger partial charge on any atom is -0.354 e. The molecular formula is C21H26N2O2S. The number of hydrogen-bond acceptors (Lipinski definition) is 3. The molecule has 26 heavy (non-hydrogen) atoms. The van der Waals surface area contributed by atoms with E-state index in [0.29, 0.717) is 18.8 Å². The number of rotatable bonds is 9. The largest absolute Gasteiger partial charge is 0.354 e. The molecular weight excluding hydrogens is 344 g/mol. The maximum absolute atomic E-state index is 12.9. The molecule has 138 valence electrons. The van der Waals surface area contributed by atoms with Crippen molar-refractivity contribution in [2.75, 3.05) is 12.3 Å². The standard InChI is InChI=1S/C21H26N2O2S/c1-3-14-22-21(25)17(2)23(15-18-10-6-4-7-11-18)20(24)16-26-19-12-8-5-9-13-19/h4-13,17H,3,14-16H2,1-2H3,(H,22,25)/t17-/m0/s1. The molecule has 0 unspecified atom stereocenters. The molecule has 0 spiro atoms. The monoisotopic (exact) mass is 370 g/mol. The Labute approximate surface area is 160 Å². The molecule has 2 amide bonds. The lowest BCUT2D eigenvalue weighted by molar-refractivity contribution is -0.138. The van der Waals surface area contributed by atoms with Crippen LogP contribution in [-0.2, 0) is 16.1 Å². The molecule has 0 aliphatic rings. The summed E-state index contributed by atoms with van der Waals surface area (Å²) >= 11 is 1.49. The van der Waals surface area contributed by atoms with Crippen LogP contribution in [0.1, 0.15) is 25.8 Å². The molecule has 1 N–H and O–H groups in total. The second kappa shape index (κ2) is 10.7. The fourth-order valence-electron chi connectivity index (χ4n) is 2.50. The van der Waals surface area contributed by atoms with Gasteiger partial charge in [0, 0.05) is 18.0 Å². The third-order valence-electron chi connectivity index (χ3n) is 4.02. The van der Waals surface area contributed by atoms with Crippen LogP contribution in [0.25, 0.3) is 0 Å². The first-order valence-corrected chi connectivity index (χ1v) is 9.89. The van der Waals surface area contributed by atoms with Crippen molar-refractivity contribution in [2.45, 2.75) is 37.8 Å². The van der Waals surface area contributed by atoms with Gasteiger partial charge in [0.05, 0.1) is 5.75 Å². The highest BCUT2D eigenvalue weighted by Gasteiger charge is 2.25. The third kappa shape index (κ3) is 6.23. The zero-order chi connectivity index (χ0) is 18.8. The van der Waals surface area contributed by atoms with Gasteiger partial charge in [-0.1, -0.05) is 55.5 Å². The topological polar surface area (TPSA) is 49.4 Å². The van der Waals surface area contributed by atoms with E-state index in [-0.39, 0.29) is 11.8 Å². The maximum atomic E-state index is 12.9. The highest BCUT2D eigenvalue weighted by atomic mass is 32.2. The van der Waals surface area contributed by atoms with Gasteiger partial charge in [0.25, 0.3) is 0 Å². The average Bonchev–Trinajstić information content (AvgIpc) is 2.69. The van der Waals surface area contributed by atoms with Gasteiger partial charge < -0.3 is 10.2 Å². The van der Waals surface area contributed by atoms with Crippen molar-refractivity contribution in [3.05, 3.63) is 66.2 Å². The third-order valence-corrected chi connectivity index (χ3v) is 5.01. The van der Waals surface area contributed by atoms with Gasteiger partial charge in [-0.2, -0.15) is 0 Å². The minimum absolute atomic E-state index is 0.0399. The average molecular weight is 371 g/mol. The quantitative estimate of drug-likeness (QED) is 0.685. The summed E-state index contributed by atoms with van der Waals surface area (Å²) in [4.78, 5) is 28.0. The number of carbonyl (C=O) groups excluding carboxylic acids is 2. The number of nitrogens with one attached hydrogen (secondary N) is 1. The smallest absolute Gasteiger partial charge is 0.242 e. The molecule has 0 fully saturated rings. The lowest BCUT2D eigenvalue weighted by atomic mass is 10.1. The van der Waals surface area contributed by atoms with Crippen molar-refractivity contribution < 1.29 is 9.59 Å². The van der Waals surface area contributed by atoms with E-state index in [0.717, 1.165) is 16.9 Å². The Bertz CT molecular complexity index is 692. The summed E-state index contributed by atoms with van der Waals surface area (Å²) in [5.41, 5.74) is 1.01. The fourth-order valence-corrected chi connectivity index (χ4v) is 3.31. The molecule has 2 aromatic carbocycles. The van der Waals surface area contributed by atoms with Crippen LogP contribution in [-0.4, -0.2) is 35.1 Å². The summed E-state index contributed by atoms with van der Waals surface area (Å²) in [5.74, 6) is 0.158. The van der Waals surface area contributed by atoms with Crippen LogP contribution in [0.2, 0.25) is 0 Å². The normalized spacial score (nSPS) is 11.6. The second-order valence-corrected chi connectivity index (χ2v) is 7.12. The van der Waals surface area contributed by atoms with Crippen LogP contribution in [0.5, 0.6) is 0 Å². The van der Waals surface area contributed by atoms with Crippen LogP contribution in [0.4, 0.5) is 0 Å². The number of thioether (sulfide) groups is 1. The number of amides is 2. The Morgan fingerprint density at radius 2 is 1.65 bits per heavy atom. The summed E-state index contributed by atoms with van der Waals surface area (Å²) in [5, 5.41) is 2.89. The molecule has 0 heterocycles. The van der Waals surface area contributed by atoms with Crippen molar-refractivity contribution in [1.29, 1.82) is 0 Å². The predicted octanol–water partition coefficient (Wildman–Crippen LogP) is 3.72. The Kier molecular flexibility index (Phi) is 8.22. The summed E-state index contributed by atoms with van der Waals surface area (Å²) in [6.07, 6.45) is 0.870. The predicted molar refractivity (Wildman–Crippen MR) is 107 cm³/mol. The van der Waals surface area contributed by atoms with Gasteiger partial charge in [0.1, 0.15) is 6.04 Å². The van der Waals surface area contributed by atoms with E-state index < -0.39 is 6.04 Å². The van der Waals surface area contributed by atoms with Gasteiger partial charge in [0.2, 0.25) is 11.8 Å².